The summed E-state index contributed by atoms with van der Waals surface area (Å²) in [6.45, 7) is 2.70. The van der Waals surface area contributed by atoms with Gasteiger partial charge in [-0.1, -0.05) is 22.0 Å². The van der Waals surface area contributed by atoms with Crippen molar-refractivity contribution in [1.82, 2.24) is 4.57 Å². The van der Waals surface area contributed by atoms with Crippen LogP contribution in [0.5, 0.6) is 0 Å². The highest BCUT2D eigenvalue weighted by atomic mass is 79.9. The summed E-state index contributed by atoms with van der Waals surface area (Å²) >= 11 is 3.42. The first-order valence-corrected chi connectivity index (χ1v) is 6.07. The van der Waals surface area contributed by atoms with Crippen LogP contribution in [-0.4, -0.2) is 4.57 Å². The molecule has 0 bridgehead atoms. The normalized spacial score (nSPS) is 10.8. The molecule has 0 radical (unpaired) electrons. The molecule has 78 valence electrons. The van der Waals surface area contributed by atoms with Gasteiger partial charge >= 0.3 is 0 Å². The van der Waals surface area contributed by atoms with Crippen molar-refractivity contribution >= 4 is 26.8 Å². The summed E-state index contributed by atoms with van der Waals surface area (Å²) in [6, 6.07) is 9.68. The molecular formula is C12H12BrNO. The van der Waals surface area contributed by atoms with Gasteiger partial charge in [0.15, 0.2) is 0 Å². The third kappa shape index (κ3) is 1.84. The van der Waals surface area contributed by atoms with Crippen molar-refractivity contribution in [2.45, 2.75) is 18.8 Å². The summed E-state index contributed by atoms with van der Waals surface area (Å²) in [5, 5.41) is 1.96. The third-order valence-electron chi connectivity index (χ3n) is 2.52. The Balaban J connectivity index is 2.78. The van der Waals surface area contributed by atoms with E-state index in [0.29, 0.717) is 6.54 Å². The van der Waals surface area contributed by atoms with Crippen LogP contribution in [0, 0.1) is 0 Å². The number of nitrogens with zero attached hydrogens (tertiary/aromatic N) is 1. The second-order valence-electron chi connectivity index (χ2n) is 3.44. The lowest BCUT2D eigenvalue weighted by Gasteiger charge is -2.07. The first-order chi connectivity index (χ1) is 7.26. The number of aromatic nitrogens is 1. The van der Waals surface area contributed by atoms with E-state index in [4.69, 9.17) is 0 Å². The van der Waals surface area contributed by atoms with Gasteiger partial charge in [0.1, 0.15) is 0 Å². The first-order valence-electron chi connectivity index (χ1n) is 4.94. The Morgan fingerprint density at radius 2 is 2.07 bits per heavy atom. The minimum Gasteiger partial charge on any atom is -0.309 e. The highest BCUT2D eigenvalue weighted by molar-refractivity contribution is 9.08. The molecule has 3 heteroatoms. The van der Waals surface area contributed by atoms with Gasteiger partial charge in [-0.3, -0.25) is 4.79 Å². The van der Waals surface area contributed by atoms with E-state index < -0.39 is 0 Å². The number of pyridine rings is 1. The Hall–Kier alpha value is -1.09. The van der Waals surface area contributed by atoms with Crippen molar-refractivity contribution in [3.05, 3.63) is 46.2 Å². The van der Waals surface area contributed by atoms with Crippen molar-refractivity contribution in [2.75, 3.05) is 0 Å². The number of rotatable bonds is 2. The fraction of sp³-hybridized carbons (Fsp3) is 0.250. The summed E-state index contributed by atoms with van der Waals surface area (Å²) in [5.74, 6) is 0. The zero-order valence-electron chi connectivity index (χ0n) is 8.53. The van der Waals surface area contributed by atoms with Crippen molar-refractivity contribution < 1.29 is 0 Å². The predicted molar refractivity (Wildman–Crippen MR) is 66.5 cm³/mol. The second-order valence-corrected chi connectivity index (χ2v) is 4.00. The molecule has 0 fully saturated rings. The van der Waals surface area contributed by atoms with Crippen LogP contribution in [-0.2, 0) is 11.9 Å². The average Bonchev–Trinajstić information content (AvgIpc) is 2.28. The zero-order chi connectivity index (χ0) is 10.8. The van der Waals surface area contributed by atoms with Crippen LogP contribution in [0.2, 0.25) is 0 Å². The molecular weight excluding hydrogens is 254 g/mol. The van der Waals surface area contributed by atoms with Gasteiger partial charge in [-0.2, -0.15) is 0 Å². The molecule has 1 aromatic heterocycles. The summed E-state index contributed by atoms with van der Waals surface area (Å²) < 4.78 is 1.79. The number of alkyl halides is 1. The molecule has 0 aliphatic rings. The van der Waals surface area contributed by atoms with E-state index in [1.165, 1.54) is 5.56 Å². The summed E-state index contributed by atoms with van der Waals surface area (Å²) in [6.07, 6.45) is 0. The Morgan fingerprint density at radius 1 is 1.27 bits per heavy atom. The lowest BCUT2D eigenvalue weighted by molar-refractivity contribution is 0.760. The molecule has 0 saturated heterocycles. The topological polar surface area (TPSA) is 22.0 Å². The van der Waals surface area contributed by atoms with E-state index >= 15 is 0 Å². The SMILES string of the molecule is CCn1c(=O)ccc2cc(CBr)ccc21. The summed E-state index contributed by atoms with van der Waals surface area (Å²) in [5.41, 5.74) is 2.30. The molecule has 0 spiro atoms. The van der Waals surface area contributed by atoms with Crippen LogP contribution in [0.1, 0.15) is 12.5 Å². The maximum Gasteiger partial charge on any atom is 0.250 e. The molecule has 0 N–H and O–H groups in total. The first kappa shape index (κ1) is 10.4. The van der Waals surface area contributed by atoms with E-state index in [9.17, 15) is 4.79 Å². The Kier molecular flexibility index (Phi) is 2.91. The van der Waals surface area contributed by atoms with E-state index in [1.54, 1.807) is 10.6 Å². The standard InChI is InChI=1S/C12H12BrNO/c1-2-14-11-5-3-9(8-13)7-10(11)4-6-12(14)15/h3-7H,2,8H2,1H3. The Labute approximate surface area is 96.7 Å². The molecule has 0 saturated carbocycles. The smallest absolute Gasteiger partial charge is 0.250 e. The number of fused-ring (bicyclic) bond motifs is 1. The summed E-state index contributed by atoms with van der Waals surface area (Å²) in [7, 11) is 0. The van der Waals surface area contributed by atoms with Gasteiger partial charge in [0.2, 0.25) is 0 Å². The van der Waals surface area contributed by atoms with Gasteiger partial charge < -0.3 is 4.57 Å². The van der Waals surface area contributed by atoms with Crippen molar-refractivity contribution in [3.63, 3.8) is 0 Å². The van der Waals surface area contributed by atoms with Crippen LogP contribution < -0.4 is 5.56 Å². The van der Waals surface area contributed by atoms with Crippen LogP contribution in [0.3, 0.4) is 0 Å². The fourth-order valence-corrected chi connectivity index (χ4v) is 2.11. The molecule has 0 aliphatic carbocycles. The predicted octanol–water partition coefficient (Wildman–Crippen LogP) is 2.92. The highest BCUT2D eigenvalue weighted by Crippen LogP contribution is 2.16. The maximum absolute atomic E-state index is 11.6. The minimum atomic E-state index is 0.0663. The Morgan fingerprint density at radius 3 is 2.73 bits per heavy atom. The van der Waals surface area contributed by atoms with Crippen LogP contribution in [0.4, 0.5) is 0 Å². The number of halogens is 1. The van der Waals surface area contributed by atoms with E-state index in [2.05, 4.69) is 22.0 Å². The molecule has 2 rings (SSSR count). The molecule has 1 heterocycles. The molecule has 0 amide bonds. The molecule has 0 aliphatic heterocycles. The van der Waals surface area contributed by atoms with Gasteiger partial charge in [0.05, 0.1) is 5.52 Å². The molecule has 2 aromatic rings. The van der Waals surface area contributed by atoms with Gasteiger partial charge in [-0.25, -0.2) is 0 Å². The van der Waals surface area contributed by atoms with Gasteiger partial charge in [-0.05, 0) is 36.1 Å². The average molecular weight is 266 g/mol. The van der Waals surface area contributed by atoms with Crippen LogP contribution >= 0.6 is 15.9 Å². The third-order valence-corrected chi connectivity index (χ3v) is 3.17. The van der Waals surface area contributed by atoms with Crippen molar-refractivity contribution in [1.29, 1.82) is 0 Å². The second kappa shape index (κ2) is 4.19. The van der Waals surface area contributed by atoms with Crippen LogP contribution in [0.15, 0.2) is 35.1 Å². The quantitative estimate of drug-likeness (QED) is 0.766. The minimum absolute atomic E-state index is 0.0663. The Bertz CT molecular complexity index is 545. The molecule has 2 nitrogen and oxygen atoms in total. The summed E-state index contributed by atoms with van der Waals surface area (Å²) in [4.78, 5) is 11.6. The number of benzene rings is 1. The van der Waals surface area contributed by atoms with E-state index in [0.717, 1.165) is 16.2 Å². The van der Waals surface area contributed by atoms with Gasteiger partial charge in [-0.15, -0.1) is 0 Å². The van der Waals surface area contributed by atoms with Gasteiger partial charge in [0.25, 0.3) is 5.56 Å². The van der Waals surface area contributed by atoms with Crippen molar-refractivity contribution in [2.24, 2.45) is 0 Å². The lowest BCUT2D eigenvalue weighted by atomic mass is 10.1. The maximum atomic E-state index is 11.6. The largest absolute Gasteiger partial charge is 0.309 e. The molecule has 0 atom stereocenters. The highest BCUT2D eigenvalue weighted by Gasteiger charge is 2.01. The number of hydrogen-bond donors (Lipinski definition) is 0. The van der Waals surface area contributed by atoms with E-state index in [1.807, 2.05) is 25.1 Å². The van der Waals surface area contributed by atoms with Crippen molar-refractivity contribution in [3.8, 4) is 0 Å². The zero-order valence-corrected chi connectivity index (χ0v) is 10.1. The molecule has 15 heavy (non-hydrogen) atoms. The molecule has 1 aromatic carbocycles. The fourth-order valence-electron chi connectivity index (χ4n) is 1.76. The van der Waals surface area contributed by atoms with Crippen LogP contribution in [0.25, 0.3) is 10.9 Å². The van der Waals surface area contributed by atoms with Gasteiger partial charge in [0, 0.05) is 17.9 Å². The number of aryl methyl sites for hydroxylation is 1. The monoisotopic (exact) mass is 265 g/mol. The lowest BCUT2D eigenvalue weighted by Crippen LogP contribution is -2.17. The van der Waals surface area contributed by atoms with E-state index in [-0.39, 0.29) is 5.56 Å². The number of hydrogen-bond acceptors (Lipinski definition) is 1. The molecule has 0 unspecified atom stereocenters.